The van der Waals surface area contributed by atoms with Crippen LogP contribution < -0.4 is 0 Å². The molecule has 190 valence electrons. The van der Waals surface area contributed by atoms with E-state index < -0.39 is 10.4 Å². The van der Waals surface area contributed by atoms with E-state index in [1.54, 1.807) is 0 Å². The summed E-state index contributed by atoms with van der Waals surface area (Å²) < 4.78 is 32.6. The fourth-order valence-corrected chi connectivity index (χ4v) is 9.54. The van der Waals surface area contributed by atoms with Crippen molar-refractivity contribution in [3.8, 4) is 0 Å². The summed E-state index contributed by atoms with van der Waals surface area (Å²) in [5, 5.41) is 0. The highest BCUT2D eigenvalue weighted by Gasteiger charge is 2.59. The third kappa shape index (κ3) is 4.85. The molecule has 0 heterocycles. The van der Waals surface area contributed by atoms with Crippen LogP contribution in [0.1, 0.15) is 105 Å². The van der Waals surface area contributed by atoms with Gasteiger partial charge < -0.3 is 4.18 Å². The van der Waals surface area contributed by atoms with E-state index in [2.05, 4.69) is 44.9 Å². The first-order valence-electron chi connectivity index (χ1n) is 13.7. The van der Waals surface area contributed by atoms with Gasteiger partial charge in [-0.05, 0) is 97.7 Å². The average Bonchev–Trinajstić information content (AvgIpc) is 3.11. The van der Waals surface area contributed by atoms with Crippen molar-refractivity contribution in [3.05, 3.63) is 11.6 Å². The molecule has 0 aliphatic heterocycles. The Bertz CT molecular complexity index is 833. The first kappa shape index (κ1) is 25.7. The standard InChI is InChI=1S/C28H48O4S/c1-19(2)8-7-9-20(3)24-12-13-25-23-11-10-21-18-22(32-33(29,30)31-6)14-16-27(21,4)26(23)15-17-28(24,25)5/h10,19-20,22-26H,7-9,11-18H2,1-6H3/p+1/t20-,22+,23+,24-,25+,26+,27+,28-/m1/s1. The highest BCUT2D eigenvalue weighted by molar-refractivity contribution is 7.81. The second-order valence-corrected chi connectivity index (χ2v) is 14.3. The third-order valence-corrected chi connectivity index (χ3v) is 11.7. The van der Waals surface area contributed by atoms with Crippen LogP contribution in [-0.2, 0) is 14.6 Å². The zero-order valence-electron chi connectivity index (χ0n) is 22.0. The summed E-state index contributed by atoms with van der Waals surface area (Å²) in [6, 6.07) is 0. The van der Waals surface area contributed by atoms with Crippen LogP contribution in [0.15, 0.2) is 11.6 Å². The van der Waals surface area contributed by atoms with Crippen LogP contribution in [0.3, 0.4) is 0 Å². The van der Waals surface area contributed by atoms with Crippen molar-refractivity contribution in [1.29, 1.82) is 0 Å². The largest absolute Gasteiger partial charge is 0.530 e. The van der Waals surface area contributed by atoms with E-state index in [1.807, 2.05) is 0 Å². The second kappa shape index (κ2) is 9.58. The van der Waals surface area contributed by atoms with Gasteiger partial charge in [-0.15, -0.1) is 8.42 Å². The molecule has 0 aromatic heterocycles. The molecule has 3 fully saturated rings. The maximum atomic E-state index is 11.9. The van der Waals surface area contributed by atoms with Crippen LogP contribution in [0, 0.1) is 46.3 Å². The van der Waals surface area contributed by atoms with Crippen LogP contribution in [0.4, 0.5) is 0 Å². The van der Waals surface area contributed by atoms with Crippen LogP contribution in [-0.4, -0.2) is 25.8 Å². The topological polar surface area (TPSA) is 56.2 Å². The molecule has 4 nitrogen and oxygen atoms in total. The summed E-state index contributed by atoms with van der Waals surface area (Å²) in [4.78, 5) is 0. The van der Waals surface area contributed by atoms with Crippen molar-refractivity contribution in [2.75, 3.05) is 7.11 Å². The molecule has 33 heavy (non-hydrogen) atoms. The molecule has 4 rings (SSSR count). The van der Waals surface area contributed by atoms with Crippen molar-refractivity contribution < 1.29 is 16.8 Å². The number of hydrogen-bond donors (Lipinski definition) is 0. The minimum Gasteiger partial charge on any atom is -0.300 e. The molecular weight excluding hydrogens is 432 g/mol. The zero-order chi connectivity index (χ0) is 24.0. The van der Waals surface area contributed by atoms with Gasteiger partial charge in [0.25, 0.3) is 0 Å². The van der Waals surface area contributed by atoms with E-state index in [1.165, 1.54) is 64.0 Å². The summed E-state index contributed by atoms with van der Waals surface area (Å²) in [6.45, 7) is 12.4. The normalized spacial score (nSPS) is 41.8. The number of aliphatic hydroxyl groups is 1. The lowest BCUT2D eigenvalue weighted by atomic mass is 9.47. The summed E-state index contributed by atoms with van der Waals surface area (Å²) in [5.74, 6) is 4.97. The number of allylic oxidation sites excluding steroid dienone is 1. The van der Waals surface area contributed by atoms with Crippen LogP contribution >= 0.6 is 0 Å². The molecule has 4 aliphatic rings. The van der Waals surface area contributed by atoms with Crippen molar-refractivity contribution in [2.45, 2.75) is 111 Å². The number of hydrogen-bond acceptors (Lipinski definition) is 3. The van der Waals surface area contributed by atoms with Crippen molar-refractivity contribution in [1.82, 2.24) is 0 Å². The number of fused-ring (bicyclic) bond motifs is 5. The fourth-order valence-electron chi connectivity index (χ4n) is 8.95. The summed E-state index contributed by atoms with van der Waals surface area (Å²) >= 11 is 0. The molecule has 1 N–H and O–H groups in total. The van der Waals surface area contributed by atoms with Gasteiger partial charge >= 0.3 is 10.4 Å². The molecular formula is C28H49O4S+. The predicted octanol–water partition coefficient (Wildman–Crippen LogP) is 6.82. The van der Waals surface area contributed by atoms with E-state index >= 15 is 0 Å². The highest BCUT2D eigenvalue weighted by Crippen LogP contribution is 2.67. The minimum absolute atomic E-state index is 0.220. The molecule has 0 bridgehead atoms. The smallest absolute Gasteiger partial charge is 0.300 e. The SMILES string of the molecule is C[OH+]S(=O)(=O)O[C@H]1CC[C@@]2(C)C(=CC[C@H]3[C@@H]4CC[C@H]([C@H](C)CCCC(C)C)[C@@]4(C)CC[C@@H]32)C1. The van der Waals surface area contributed by atoms with Crippen LogP contribution in [0.25, 0.3) is 0 Å². The lowest BCUT2D eigenvalue weighted by molar-refractivity contribution is -0.0566. The average molecular weight is 482 g/mol. The Balaban J connectivity index is 1.46. The molecule has 5 heteroatoms. The van der Waals surface area contributed by atoms with Crippen LogP contribution in [0.5, 0.6) is 0 Å². The van der Waals surface area contributed by atoms with Gasteiger partial charge in [0.2, 0.25) is 0 Å². The molecule has 3 saturated carbocycles. The molecule has 0 spiro atoms. The maximum Gasteiger partial charge on any atom is 0.530 e. The second-order valence-electron chi connectivity index (χ2n) is 12.9. The molecule has 8 atom stereocenters. The van der Waals surface area contributed by atoms with E-state index in [0.717, 1.165) is 54.8 Å². The first-order valence-corrected chi connectivity index (χ1v) is 15.1. The first-order chi connectivity index (χ1) is 15.5. The summed E-state index contributed by atoms with van der Waals surface area (Å²) in [6.07, 6.45) is 15.8. The summed E-state index contributed by atoms with van der Waals surface area (Å²) in [5.41, 5.74) is 2.20. The Morgan fingerprint density at radius 3 is 2.52 bits per heavy atom. The van der Waals surface area contributed by atoms with E-state index in [-0.39, 0.29) is 11.5 Å². The molecule has 0 saturated heterocycles. The van der Waals surface area contributed by atoms with Crippen molar-refractivity contribution >= 4 is 10.4 Å². The number of rotatable bonds is 8. The Hall–Kier alpha value is -0.390. The van der Waals surface area contributed by atoms with Gasteiger partial charge in [-0.1, -0.05) is 65.5 Å². The van der Waals surface area contributed by atoms with Gasteiger partial charge in [-0.25, -0.2) is 4.18 Å². The predicted molar refractivity (Wildman–Crippen MR) is 135 cm³/mol. The Morgan fingerprint density at radius 1 is 1.06 bits per heavy atom. The minimum atomic E-state index is -3.75. The van der Waals surface area contributed by atoms with Crippen molar-refractivity contribution in [2.24, 2.45) is 46.3 Å². The molecule has 0 radical (unpaired) electrons. The maximum absolute atomic E-state index is 11.9. The zero-order valence-corrected chi connectivity index (χ0v) is 22.8. The van der Waals surface area contributed by atoms with Gasteiger partial charge in [0.15, 0.2) is 7.11 Å². The molecule has 4 aliphatic carbocycles. The highest BCUT2D eigenvalue weighted by atomic mass is 32.3. The Kier molecular flexibility index (Phi) is 7.46. The Labute approximate surface area is 203 Å². The van der Waals surface area contributed by atoms with E-state index in [4.69, 9.17) is 4.18 Å². The summed E-state index contributed by atoms with van der Waals surface area (Å²) in [7, 11) is -2.45. The molecule has 0 amide bonds. The Morgan fingerprint density at radius 2 is 1.82 bits per heavy atom. The van der Waals surface area contributed by atoms with Gasteiger partial charge in [-0.2, -0.15) is 0 Å². The van der Waals surface area contributed by atoms with Gasteiger partial charge in [-0.3, -0.25) is 0 Å². The van der Waals surface area contributed by atoms with E-state index in [0.29, 0.717) is 5.41 Å². The lowest BCUT2D eigenvalue weighted by Crippen LogP contribution is -2.51. The lowest BCUT2D eigenvalue weighted by Gasteiger charge is -2.58. The quantitative estimate of drug-likeness (QED) is 0.217. The monoisotopic (exact) mass is 481 g/mol. The van der Waals surface area contributed by atoms with Gasteiger partial charge in [0.05, 0.1) is 6.10 Å². The molecule has 0 unspecified atom stereocenters. The third-order valence-electron chi connectivity index (χ3n) is 10.7. The van der Waals surface area contributed by atoms with Crippen molar-refractivity contribution in [3.63, 3.8) is 0 Å². The van der Waals surface area contributed by atoms with Crippen LogP contribution in [0.2, 0.25) is 0 Å². The van der Waals surface area contributed by atoms with Gasteiger partial charge in [0, 0.05) is 0 Å². The van der Waals surface area contributed by atoms with Gasteiger partial charge in [0.1, 0.15) is 0 Å². The molecule has 0 aromatic rings. The fraction of sp³-hybridized carbons (Fsp3) is 0.929. The molecule has 0 aromatic carbocycles. The van der Waals surface area contributed by atoms with E-state index in [9.17, 15) is 8.42 Å².